The predicted octanol–water partition coefficient (Wildman–Crippen LogP) is 3.78. The van der Waals surface area contributed by atoms with Crippen LogP contribution >= 0.6 is 11.6 Å². The third kappa shape index (κ3) is 5.44. The first kappa shape index (κ1) is 17.0. The number of hydrogen-bond donors (Lipinski definition) is 1. The molecular formula is C17H20ClNO2S. The molecule has 2 rings (SSSR count). The van der Waals surface area contributed by atoms with E-state index in [1.165, 1.54) is 5.56 Å². The average molecular weight is 338 g/mol. The van der Waals surface area contributed by atoms with Gasteiger partial charge in [0.05, 0.1) is 5.75 Å². The minimum atomic E-state index is -3.40. The summed E-state index contributed by atoms with van der Waals surface area (Å²) in [6, 6.07) is 16.9. The van der Waals surface area contributed by atoms with Gasteiger partial charge in [-0.15, -0.1) is 0 Å². The highest BCUT2D eigenvalue weighted by atomic mass is 35.5. The number of aryl methyl sites for hydroxylation is 1. The summed E-state index contributed by atoms with van der Waals surface area (Å²) in [4.78, 5) is 0. The van der Waals surface area contributed by atoms with Gasteiger partial charge in [-0.2, -0.15) is 0 Å². The average Bonchev–Trinajstić information content (AvgIpc) is 2.48. The summed E-state index contributed by atoms with van der Waals surface area (Å²) < 4.78 is 27.1. The van der Waals surface area contributed by atoms with E-state index < -0.39 is 10.0 Å². The Kier molecular flexibility index (Phi) is 6.00. The molecule has 2 aromatic rings. The fraction of sp³-hybridized carbons (Fsp3) is 0.294. The van der Waals surface area contributed by atoms with Gasteiger partial charge in [0.2, 0.25) is 10.0 Å². The molecule has 0 aliphatic heterocycles. The minimum absolute atomic E-state index is 0.0949. The van der Waals surface area contributed by atoms with Gasteiger partial charge in [-0.1, -0.05) is 60.1 Å². The molecule has 0 radical (unpaired) electrons. The Labute approximate surface area is 137 Å². The van der Waals surface area contributed by atoms with E-state index in [1.807, 2.05) is 37.3 Å². The number of nitrogens with one attached hydrogen (secondary N) is 1. The van der Waals surface area contributed by atoms with E-state index in [4.69, 9.17) is 11.6 Å². The molecule has 22 heavy (non-hydrogen) atoms. The lowest BCUT2D eigenvalue weighted by atomic mass is 10.1. The van der Waals surface area contributed by atoms with Gasteiger partial charge in [-0.05, 0) is 37.0 Å². The summed E-state index contributed by atoms with van der Waals surface area (Å²) in [6.45, 7) is 1.88. The first-order valence-electron chi connectivity index (χ1n) is 7.23. The second kappa shape index (κ2) is 7.77. The monoisotopic (exact) mass is 337 g/mol. The number of halogens is 1. The van der Waals surface area contributed by atoms with Gasteiger partial charge >= 0.3 is 0 Å². The van der Waals surface area contributed by atoms with Crippen molar-refractivity contribution in [2.45, 2.75) is 31.6 Å². The molecule has 0 saturated heterocycles. The Morgan fingerprint density at radius 1 is 1.05 bits per heavy atom. The van der Waals surface area contributed by atoms with E-state index >= 15 is 0 Å². The Bertz CT molecular complexity index is 702. The SMILES string of the molecule is CC(CCc1ccccc1)NS(=O)(=O)Cc1ccccc1Cl. The second-order valence-corrected chi connectivity index (χ2v) is 7.55. The van der Waals surface area contributed by atoms with Crippen LogP contribution in [0.1, 0.15) is 24.5 Å². The Morgan fingerprint density at radius 2 is 1.68 bits per heavy atom. The summed E-state index contributed by atoms with van der Waals surface area (Å²) >= 11 is 6.02. The van der Waals surface area contributed by atoms with Crippen molar-refractivity contribution in [3.05, 3.63) is 70.7 Å². The maximum atomic E-state index is 12.2. The molecule has 1 N–H and O–H groups in total. The summed E-state index contributed by atoms with van der Waals surface area (Å²) in [5, 5.41) is 0.477. The van der Waals surface area contributed by atoms with E-state index in [2.05, 4.69) is 4.72 Å². The summed E-state index contributed by atoms with van der Waals surface area (Å²) in [5.74, 6) is -0.0949. The van der Waals surface area contributed by atoms with Gasteiger partial charge in [0, 0.05) is 11.1 Å². The highest BCUT2D eigenvalue weighted by Crippen LogP contribution is 2.17. The van der Waals surface area contributed by atoms with Crippen LogP contribution < -0.4 is 4.72 Å². The molecule has 0 aliphatic carbocycles. The van der Waals surface area contributed by atoms with Gasteiger partial charge in [-0.25, -0.2) is 13.1 Å². The fourth-order valence-corrected chi connectivity index (χ4v) is 4.01. The quantitative estimate of drug-likeness (QED) is 0.835. The maximum absolute atomic E-state index is 12.2. The molecule has 0 aromatic heterocycles. The Hall–Kier alpha value is -1.36. The highest BCUT2D eigenvalue weighted by molar-refractivity contribution is 7.88. The Morgan fingerprint density at radius 3 is 2.36 bits per heavy atom. The van der Waals surface area contributed by atoms with Gasteiger partial charge in [0.15, 0.2) is 0 Å². The molecule has 0 spiro atoms. The van der Waals surface area contributed by atoms with Crippen molar-refractivity contribution in [1.29, 1.82) is 0 Å². The van der Waals surface area contributed by atoms with Crippen LogP contribution in [0.3, 0.4) is 0 Å². The standard InChI is InChI=1S/C17H20ClNO2S/c1-14(11-12-15-7-3-2-4-8-15)19-22(20,21)13-16-9-5-6-10-17(16)18/h2-10,14,19H,11-13H2,1H3. The largest absolute Gasteiger partial charge is 0.216 e. The molecule has 0 saturated carbocycles. The van der Waals surface area contributed by atoms with Crippen molar-refractivity contribution in [3.63, 3.8) is 0 Å². The van der Waals surface area contributed by atoms with E-state index in [-0.39, 0.29) is 11.8 Å². The molecule has 118 valence electrons. The molecule has 0 heterocycles. The molecule has 1 unspecified atom stereocenters. The number of hydrogen-bond acceptors (Lipinski definition) is 2. The first-order valence-corrected chi connectivity index (χ1v) is 9.26. The first-order chi connectivity index (χ1) is 10.5. The molecule has 0 fully saturated rings. The van der Waals surface area contributed by atoms with Crippen molar-refractivity contribution >= 4 is 21.6 Å². The molecule has 1 atom stereocenters. The molecule has 0 bridgehead atoms. The Balaban J connectivity index is 1.90. The highest BCUT2D eigenvalue weighted by Gasteiger charge is 2.16. The van der Waals surface area contributed by atoms with Crippen molar-refractivity contribution in [3.8, 4) is 0 Å². The normalized spacial score (nSPS) is 13.0. The van der Waals surface area contributed by atoms with Crippen LogP contribution in [0.5, 0.6) is 0 Å². The molecule has 0 amide bonds. The zero-order valence-corrected chi connectivity index (χ0v) is 14.1. The van der Waals surface area contributed by atoms with Crippen LogP contribution in [-0.2, 0) is 22.2 Å². The third-order valence-electron chi connectivity index (χ3n) is 3.39. The zero-order valence-electron chi connectivity index (χ0n) is 12.5. The number of benzene rings is 2. The van der Waals surface area contributed by atoms with E-state index in [0.717, 1.165) is 12.8 Å². The minimum Gasteiger partial charge on any atom is -0.212 e. The van der Waals surface area contributed by atoms with Crippen LogP contribution in [0, 0.1) is 0 Å². The molecule has 2 aromatic carbocycles. The second-order valence-electron chi connectivity index (χ2n) is 5.39. The van der Waals surface area contributed by atoms with Crippen molar-refractivity contribution in [2.75, 3.05) is 0 Å². The smallest absolute Gasteiger partial charge is 0.212 e. The van der Waals surface area contributed by atoms with Crippen molar-refractivity contribution in [1.82, 2.24) is 4.72 Å². The van der Waals surface area contributed by atoms with Crippen LogP contribution in [-0.4, -0.2) is 14.5 Å². The van der Waals surface area contributed by atoms with E-state index in [1.54, 1.807) is 24.3 Å². The van der Waals surface area contributed by atoms with Crippen LogP contribution in [0.4, 0.5) is 0 Å². The summed E-state index contributed by atoms with van der Waals surface area (Å²) in [7, 11) is -3.40. The van der Waals surface area contributed by atoms with Crippen LogP contribution in [0.2, 0.25) is 5.02 Å². The van der Waals surface area contributed by atoms with E-state index in [9.17, 15) is 8.42 Å². The maximum Gasteiger partial charge on any atom is 0.216 e. The zero-order chi connectivity index (χ0) is 16.0. The van der Waals surface area contributed by atoms with Crippen molar-refractivity contribution < 1.29 is 8.42 Å². The third-order valence-corrected chi connectivity index (χ3v) is 5.21. The molecule has 5 heteroatoms. The number of sulfonamides is 1. The summed E-state index contributed by atoms with van der Waals surface area (Å²) in [5.41, 5.74) is 1.83. The van der Waals surface area contributed by atoms with Gasteiger partial charge in [0.1, 0.15) is 0 Å². The predicted molar refractivity (Wildman–Crippen MR) is 91.4 cm³/mol. The topological polar surface area (TPSA) is 46.2 Å². The van der Waals surface area contributed by atoms with Gasteiger partial charge < -0.3 is 0 Å². The van der Waals surface area contributed by atoms with E-state index in [0.29, 0.717) is 10.6 Å². The lowest BCUT2D eigenvalue weighted by Crippen LogP contribution is -2.33. The lowest BCUT2D eigenvalue weighted by molar-refractivity contribution is 0.546. The van der Waals surface area contributed by atoms with Crippen LogP contribution in [0.15, 0.2) is 54.6 Å². The molecule has 0 aliphatic rings. The van der Waals surface area contributed by atoms with Crippen molar-refractivity contribution in [2.24, 2.45) is 0 Å². The van der Waals surface area contributed by atoms with Gasteiger partial charge in [-0.3, -0.25) is 0 Å². The summed E-state index contributed by atoms with van der Waals surface area (Å²) in [6.07, 6.45) is 1.60. The molecular weight excluding hydrogens is 318 g/mol. The fourth-order valence-electron chi connectivity index (χ4n) is 2.26. The number of rotatable bonds is 7. The van der Waals surface area contributed by atoms with Gasteiger partial charge in [0.25, 0.3) is 0 Å². The molecule has 3 nitrogen and oxygen atoms in total. The lowest BCUT2D eigenvalue weighted by Gasteiger charge is -2.14. The van der Waals surface area contributed by atoms with Crippen LogP contribution in [0.25, 0.3) is 0 Å².